The molecular weight excluding hydrogens is 212 g/mol. The van der Waals surface area contributed by atoms with Crippen LogP contribution in [0.2, 0.25) is 0 Å². The van der Waals surface area contributed by atoms with Crippen LogP contribution in [0.15, 0.2) is 18.2 Å². The van der Waals surface area contributed by atoms with E-state index in [0.717, 1.165) is 29.7 Å². The molecule has 17 heavy (non-hydrogen) atoms. The fourth-order valence-corrected chi connectivity index (χ4v) is 2.79. The molecule has 0 saturated heterocycles. The van der Waals surface area contributed by atoms with Gasteiger partial charge in [-0.05, 0) is 48.9 Å². The minimum Gasteiger partial charge on any atom is -0.497 e. The maximum Gasteiger partial charge on any atom is 0.119 e. The predicted octanol–water partition coefficient (Wildman–Crippen LogP) is 3.62. The lowest BCUT2D eigenvalue weighted by Crippen LogP contribution is -2.16. The van der Waals surface area contributed by atoms with Crippen LogP contribution in [0.25, 0.3) is 0 Å². The summed E-state index contributed by atoms with van der Waals surface area (Å²) in [6.45, 7) is 2.04. The summed E-state index contributed by atoms with van der Waals surface area (Å²) >= 11 is 0. The van der Waals surface area contributed by atoms with Gasteiger partial charge in [-0.25, -0.2) is 0 Å². The van der Waals surface area contributed by atoms with Crippen LogP contribution in [-0.2, 0) is 0 Å². The van der Waals surface area contributed by atoms with Crippen molar-refractivity contribution in [2.75, 3.05) is 7.11 Å². The van der Waals surface area contributed by atoms with Crippen molar-refractivity contribution in [3.63, 3.8) is 0 Å². The Balaban J connectivity index is 2.17. The molecule has 1 aromatic rings. The van der Waals surface area contributed by atoms with Crippen molar-refractivity contribution < 1.29 is 9.84 Å². The Labute approximate surface area is 104 Å². The quantitative estimate of drug-likeness (QED) is 0.865. The monoisotopic (exact) mass is 234 g/mol. The SMILES string of the molecule is COc1cc(C)cc(C(O)C2CCCCC2)c1. The van der Waals surface area contributed by atoms with Crippen LogP contribution in [0.1, 0.15) is 49.3 Å². The van der Waals surface area contributed by atoms with E-state index < -0.39 is 0 Å². The van der Waals surface area contributed by atoms with Gasteiger partial charge in [0.25, 0.3) is 0 Å². The van der Waals surface area contributed by atoms with E-state index in [1.807, 2.05) is 19.1 Å². The lowest BCUT2D eigenvalue weighted by molar-refractivity contribution is 0.0846. The largest absolute Gasteiger partial charge is 0.497 e. The summed E-state index contributed by atoms with van der Waals surface area (Å²) in [5.41, 5.74) is 2.16. The van der Waals surface area contributed by atoms with E-state index in [0.29, 0.717) is 5.92 Å². The second kappa shape index (κ2) is 5.54. The number of ether oxygens (including phenoxy) is 1. The molecule has 2 rings (SSSR count). The molecule has 1 N–H and O–H groups in total. The number of benzene rings is 1. The molecule has 0 radical (unpaired) electrons. The highest BCUT2D eigenvalue weighted by Gasteiger charge is 2.23. The lowest BCUT2D eigenvalue weighted by atomic mass is 9.82. The molecule has 0 aliphatic heterocycles. The van der Waals surface area contributed by atoms with Crippen LogP contribution in [0.3, 0.4) is 0 Å². The van der Waals surface area contributed by atoms with Gasteiger partial charge in [0.2, 0.25) is 0 Å². The van der Waals surface area contributed by atoms with Crippen molar-refractivity contribution in [2.45, 2.75) is 45.1 Å². The number of hydrogen-bond acceptors (Lipinski definition) is 2. The van der Waals surface area contributed by atoms with Gasteiger partial charge in [-0.1, -0.05) is 25.3 Å². The second-order valence-electron chi connectivity index (χ2n) is 5.13. The van der Waals surface area contributed by atoms with E-state index >= 15 is 0 Å². The maximum atomic E-state index is 10.4. The fourth-order valence-electron chi connectivity index (χ4n) is 2.79. The Morgan fingerprint density at radius 3 is 2.53 bits per heavy atom. The first-order valence-corrected chi connectivity index (χ1v) is 6.54. The molecule has 0 spiro atoms. The average molecular weight is 234 g/mol. The molecule has 2 heteroatoms. The van der Waals surface area contributed by atoms with E-state index in [9.17, 15) is 5.11 Å². The van der Waals surface area contributed by atoms with Crippen molar-refractivity contribution in [1.82, 2.24) is 0 Å². The Hall–Kier alpha value is -1.02. The van der Waals surface area contributed by atoms with Gasteiger partial charge in [-0.3, -0.25) is 0 Å². The van der Waals surface area contributed by atoms with Gasteiger partial charge >= 0.3 is 0 Å². The molecule has 1 aliphatic rings. The maximum absolute atomic E-state index is 10.4. The van der Waals surface area contributed by atoms with Gasteiger partial charge < -0.3 is 9.84 Å². The van der Waals surface area contributed by atoms with Crippen molar-refractivity contribution >= 4 is 0 Å². The first kappa shape index (κ1) is 12.4. The summed E-state index contributed by atoms with van der Waals surface area (Å²) < 4.78 is 5.26. The Morgan fingerprint density at radius 2 is 1.88 bits per heavy atom. The third-order valence-corrected chi connectivity index (χ3v) is 3.75. The number of aliphatic hydroxyl groups is 1. The highest BCUT2D eigenvalue weighted by Crippen LogP contribution is 2.35. The van der Waals surface area contributed by atoms with E-state index in [1.165, 1.54) is 19.3 Å². The van der Waals surface area contributed by atoms with Crippen molar-refractivity contribution in [3.05, 3.63) is 29.3 Å². The number of aryl methyl sites for hydroxylation is 1. The summed E-state index contributed by atoms with van der Waals surface area (Å²) in [6.07, 6.45) is 5.80. The van der Waals surface area contributed by atoms with Crippen molar-refractivity contribution in [1.29, 1.82) is 0 Å². The van der Waals surface area contributed by atoms with Crippen LogP contribution in [0.5, 0.6) is 5.75 Å². The summed E-state index contributed by atoms with van der Waals surface area (Å²) in [5, 5.41) is 10.4. The fraction of sp³-hybridized carbons (Fsp3) is 0.600. The first-order chi connectivity index (χ1) is 8.20. The van der Waals surface area contributed by atoms with Crippen LogP contribution in [0.4, 0.5) is 0 Å². The third kappa shape index (κ3) is 3.01. The van der Waals surface area contributed by atoms with E-state index in [4.69, 9.17) is 4.74 Å². The third-order valence-electron chi connectivity index (χ3n) is 3.75. The molecule has 1 fully saturated rings. The zero-order valence-electron chi connectivity index (χ0n) is 10.8. The van der Waals surface area contributed by atoms with Crippen LogP contribution < -0.4 is 4.74 Å². The zero-order valence-corrected chi connectivity index (χ0v) is 10.8. The second-order valence-corrected chi connectivity index (χ2v) is 5.13. The minimum absolute atomic E-state index is 0.330. The average Bonchev–Trinajstić information content (AvgIpc) is 2.38. The molecule has 0 heterocycles. The highest BCUT2D eigenvalue weighted by atomic mass is 16.5. The van der Waals surface area contributed by atoms with Gasteiger partial charge in [0.1, 0.15) is 5.75 Å². The number of rotatable bonds is 3. The van der Waals surface area contributed by atoms with Gasteiger partial charge in [-0.2, -0.15) is 0 Å². The van der Waals surface area contributed by atoms with E-state index in [2.05, 4.69) is 6.07 Å². The Morgan fingerprint density at radius 1 is 1.18 bits per heavy atom. The Kier molecular flexibility index (Phi) is 4.06. The van der Waals surface area contributed by atoms with E-state index in [-0.39, 0.29) is 6.10 Å². The molecule has 1 atom stereocenters. The predicted molar refractivity (Wildman–Crippen MR) is 69.3 cm³/mol. The van der Waals surface area contributed by atoms with Gasteiger partial charge in [0, 0.05) is 0 Å². The zero-order chi connectivity index (χ0) is 12.3. The summed E-state index contributed by atoms with van der Waals surface area (Å²) in [4.78, 5) is 0. The lowest BCUT2D eigenvalue weighted by Gasteiger charge is -2.27. The summed E-state index contributed by atoms with van der Waals surface area (Å²) in [7, 11) is 1.67. The van der Waals surface area contributed by atoms with Gasteiger partial charge in [0.05, 0.1) is 13.2 Å². The Bertz CT molecular complexity index is 367. The normalized spacial score (nSPS) is 19.0. The molecule has 1 aromatic carbocycles. The van der Waals surface area contributed by atoms with Gasteiger partial charge in [-0.15, -0.1) is 0 Å². The highest BCUT2D eigenvalue weighted by molar-refractivity contribution is 5.35. The molecule has 1 aliphatic carbocycles. The number of hydrogen-bond donors (Lipinski definition) is 1. The van der Waals surface area contributed by atoms with E-state index in [1.54, 1.807) is 7.11 Å². The molecule has 0 bridgehead atoms. The molecule has 0 aromatic heterocycles. The number of methoxy groups -OCH3 is 1. The minimum atomic E-state index is -0.330. The summed E-state index contributed by atoms with van der Waals surface area (Å²) in [5.74, 6) is 1.27. The van der Waals surface area contributed by atoms with Crippen LogP contribution in [0, 0.1) is 12.8 Å². The smallest absolute Gasteiger partial charge is 0.119 e. The molecule has 1 unspecified atom stereocenters. The van der Waals surface area contributed by atoms with Gasteiger partial charge in [0.15, 0.2) is 0 Å². The first-order valence-electron chi connectivity index (χ1n) is 6.54. The van der Waals surface area contributed by atoms with Crippen molar-refractivity contribution in [3.8, 4) is 5.75 Å². The topological polar surface area (TPSA) is 29.5 Å². The van der Waals surface area contributed by atoms with Crippen LogP contribution in [-0.4, -0.2) is 12.2 Å². The molecule has 2 nitrogen and oxygen atoms in total. The van der Waals surface area contributed by atoms with Crippen molar-refractivity contribution in [2.24, 2.45) is 5.92 Å². The number of aliphatic hydroxyl groups excluding tert-OH is 1. The van der Waals surface area contributed by atoms with Crippen LogP contribution >= 0.6 is 0 Å². The molecule has 1 saturated carbocycles. The summed E-state index contributed by atoms with van der Waals surface area (Å²) in [6, 6.07) is 6.03. The molecular formula is C15H22O2. The standard InChI is InChI=1S/C15H22O2/c1-11-8-13(10-14(9-11)17-2)15(16)12-6-4-3-5-7-12/h8-10,12,15-16H,3-7H2,1-2H3. The molecule has 0 amide bonds. The molecule has 94 valence electrons.